The van der Waals surface area contributed by atoms with E-state index in [-0.39, 0.29) is 26.5 Å². The van der Waals surface area contributed by atoms with Crippen LogP contribution in [0.2, 0.25) is 5.02 Å². The van der Waals surface area contributed by atoms with Crippen LogP contribution in [-0.2, 0) is 13.8 Å². The van der Waals surface area contributed by atoms with E-state index >= 15 is 0 Å². The van der Waals surface area contributed by atoms with E-state index in [2.05, 4.69) is 21.2 Å². The molecular formula is C12H14BrCl2NO4S. The minimum Gasteiger partial charge on any atom is -0.377 e. The van der Waals surface area contributed by atoms with Gasteiger partial charge in [-0.05, 0) is 41.9 Å². The molecule has 9 heteroatoms. The number of carbonyl (C=O) groups is 1. The molecule has 0 radical (unpaired) electrons. The van der Waals surface area contributed by atoms with Crippen molar-refractivity contribution in [3.05, 3.63) is 27.2 Å². The fraction of sp³-hybridized carbons (Fsp3) is 0.417. The van der Waals surface area contributed by atoms with Crippen LogP contribution >= 0.6 is 38.2 Å². The first-order valence-corrected chi connectivity index (χ1v) is 9.23. The monoisotopic (exact) mass is 417 g/mol. The first-order valence-electron chi connectivity index (χ1n) is 5.75. The third kappa shape index (κ3) is 5.10. The number of ether oxygens (including phenoxy) is 1. The zero-order valence-corrected chi connectivity index (χ0v) is 15.5. The second-order valence-corrected chi connectivity index (χ2v) is 8.64. The Kier molecular flexibility index (Phi) is 6.08. The largest absolute Gasteiger partial charge is 0.377 e. The standard InChI is InChI=1S/C12H14BrCl2NO4S/c1-12(2,20-3)6-16-11(17)7-4-10(21(15,18)19)8(13)5-9(7)14/h4-5H,6H2,1-3H3,(H,16,17). The first-order chi connectivity index (χ1) is 9.48. The van der Waals surface area contributed by atoms with Crippen LogP contribution in [-0.4, -0.2) is 33.6 Å². The lowest BCUT2D eigenvalue weighted by molar-refractivity contribution is 0.0228. The van der Waals surface area contributed by atoms with Crippen molar-refractivity contribution in [1.29, 1.82) is 0 Å². The molecule has 0 unspecified atom stereocenters. The molecule has 0 aliphatic rings. The van der Waals surface area contributed by atoms with E-state index in [4.69, 9.17) is 27.0 Å². The lowest BCUT2D eigenvalue weighted by Gasteiger charge is -2.23. The number of methoxy groups -OCH3 is 1. The molecule has 0 saturated carbocycles. The maximum absolute atomic E-state index is 12.1. The molecule has 1 amide bonds. The molecule has 1 aromatic carbocycles. The number of carbonyl (C=O) groups excluding carboxylic acids is 1. The minimum absolute atomic E-state index is 0.0194. The molecule has 0 heterocycles. The van der Waals surface area contributed by atoms with Crippen LogP contribution in [0.5, 0.6) is 0 Å². The van der Waals surface area contributed by atoms with E-state index < -0.39 is 20.6 Å². The van der Waals surface area contributed by atoms with E-state index in [0.29, 0.717) is 0 Å². The van der Waals surface area contributed by atoms with Gasteiger partial charge in [-0.3, -0.25) is 4.79 Å². The lowest BCUT2D eigenvalue weighted by atomic mass is 10.1. The fourth-order valence-electron chi connectivity index (χ4n) is 1.35. The van der Waals surface area contributed by atoms with Gasteiger partial charge < -0.3 is 10.1 Å². The highest BCUT2D eigenvalue weighted by Crippen LogP contribution is 2.31. The van der Waals surface area contributed by atoms with Crippen LogP contribution in [0.15, 0.2) is 21.5 Å². The predicted molar refractivity (Wildman–Crippen MR) is 85.6 cm³/mol. The van der Waals surface area contributed by atoms with Crippen molar-refractivity contribution in [3.63, 3.8) is 0 Å². The van der Waals surface area contributed by atoms with Crippen LogP contribution in [0.4, 0.5) is 0 Å². The summed E-state index contributed by atoms with van der Waals surface area (Å²) in [7, 11) is 2.84. The van der Waals surface area contributed by atoms with Crippen LogP contribution in [0.3, 0.4) is 0 Å². The Hall–Kier alpha value is -0.340. The summed E-state index contributed by atoms with van der Waals surface area (Å²) in [5.74, 6) is -0.515. The molecule has 0 aromatic heterocycles. The van der Waals surface area contributed by atoms with Crippen molar-refractivity contribution in [2.45, 2.75) is 24.3 Å². The maximum atomic E-state index is 12.1. The number of nitrogens with one attached hydrogen (secondary N) is 1. The van der Waals surface area contributed by atoms with Gasteiger partial charge in [-0.15, -0.1) is 0 Å². The summed E-state index contributed by atoms with van der Waals surface area (Å²) in [6, 6.07) is 2.44. The maximum Gasteiger partial charge on any atom is 0.262 e. The average Bonchev–Trinajstić information content (AvgIpc) is 2.34. The molecule has 1 aromatic rings. The zero-order chi connectivity index (χ0) is 16.4. The number of rotatable bonds is 5. The van der Waals surface area contributed by atoms with Crippen molar-refractivity contribution in [3.8, 4) is 0 Å². The third-order valence-electron chi connectivity index (χ3n) is 2.76. The summed E-state index contributed by atoms with van der Waals surface area (Å²) in [5, 5.41) is 2.74. The van der Waals surface area contributed by atoms with Gasteiger partial charge in [0.2, 0.25) is 0 Å². The Morgan fingerprint density at radius 3 is 2.48 bits per heavy atom. The molecule has 0 bridgehead atoms. The normalized spacial score (nSPS) is 12.3. The fourth-order valence-corrected chi connectivity index (χ4v) is 3.93. The molecule has 0 aliphatic heterocycles. The topological polar surface area (TPSA) is 72.5 Å². The van der Waals surface area contributed by atoms with Crippen LogP contribution in [0.25, 0.3) is 0 Å². The Morgan fingerprint density at radius 1 is 1.43 bits per heavy atom. The Morgan fingerprint density at radius 2 is 2.00 bits per heavy atom. The van der Waals surface area contributed by atoms with Gasteiger partial charge in [0.1, 0.15) is 0 Å². The van der Waals surface area contributed by atoms with E-state index in [1.807, 2.05) is 0 Å². The average molecular weight is 419 g/mol. The molecule has 0 spiro atoms. The zero-order valence-electron chi connectivity index (χ0n) is 11.5. The molecule has 0 saturated heterocycles. The Balaban J connectivity index is 3.11. The van der Waals surface area contributed by atoms with Gasteiger partial charge in [0.15, 0.2) is 0 Å². The molecule has 5 nitrogen and oxygen atoms in total. The van der Waals surface area contributed by atoms with E-state index in [1.165, 1.54) is 13.2 Å². The lowest BCUT2D eigenvalue weighted by Crippen LogP contribution is -2.39. The molecule has 0 aliphatic carbocycles. The Labute approximate surface area is 141 Å². The summed E-state index contributed by atoms with van der Waals surface area (Å²) in [4.78, 5) is 11.9. The van der Waals surface area contributed by atoms with Crippen molar-refractivity contribution < 1.29 is 17.9 Å². The van der Waals surface area contributed by atoms with Crippen molar-refractivity contribution in [2.75, 3.05) is 13.7 Å². The SMILES string of the molecule is COC(C)(C)CNC(=O)c1cc(S(=O)(=O)Cl)c(Br)cc1Cl. The van der Waals surface area contributed by atoms with Crippen LogP contribution in [0.1, 0.15) is 24.2 Å². The number of halogens is 3. The first kappa shape index (κ1) is 18.7. The molecule has 1 N–H and O–H groups in total. The van der Waals surface area contributed by atoms with Gasteiger partial charge in [-0.2, -0.15) is 0 Å². The van der Waals surface area contributed by atoms with Crippen molar-refractivity contribution in [2.24, 2.45) is 0 Å². The van der Waals surface area contributed by atoms with Gasteiger partial charge in [-0.25, -0.2) is 8.42 Å². The summed E-state index contributed by atoms with van der Waals surface area (Å²) in [5.41, 5.74) is -0.537. The molecule has 21 heavy (non-hydrogen) atoms. The highest BCUT2D eigenvalue weighted by atomic mass is 79.9. The van der Waals surface area contributed by atoms with Gasteiger partial charge in [0.25, 0.3) is 15.0 Å². The second-order valence-electron chi connectivity index (χ2n) is 4.85. The summed E-state index contributed by atoms with van der Waals surface area (Å²) >= 11 is 9.02. The number of hydrogen-bond donors (Lipinski definition) is 1. The van der Waals surface area contributed by atoms with Crippen molar-refractivity contribution >= 4 is 53.2 Å². The summed E-state index contributed by atoms with van der Waals surface area (Å²) < 4.78 is 28.3. The summed E-state index contributed by atoms with van der Waals surface area (Å²) in [6.07, 6.45) is 0. The highest BCUT2D eigenvalue weighted by Gasteiger charge is 2.22. The smallest absolute Gasteiger partial charge is 0.262 e. The predicted octanol–water partition coefficient (Wildman–Crippen LogP) is 3.18. The van der Waals surface area contributed by atoms with E-state index in [1.54, 1.807) is 13.8 Å². The second kappa shape index (κ2) is 6.83. The third-order valence-corrected chi connectivity index (χ3v) is 5.35. The van der Waals surface area contributed by atoms with E-state index in [9.17, 15) is 13.2 Å². The van der Waals surface area contributed by atoms with Crippen LogP contribution in [0, 0.1) is 0 Å². The highest BCUT2D eigenvalue weighted by molar-refractivity contribution is 9.10. The summed E-state index contributed by atoms with van der Waals surface area (Å²) in [6.45, 7) is 3.83. The number of amides is 1. The quantitative estimate of drug-likeness (QED) is 0.745. The Bertz CT molecular complexity index is 661. The molecule has 1 rings (SSSR count). The van der Waals surface area contributed by atoms with Gasteiger partial charge in [0, 0.05) is 28.8 Å². The molecule has 0 fully saturated rings. The van der Waals surface area contributed by atoms with Crippen molar-refractivity contribution in [1.82, 2.24) is 5.32 Å². The molecule has 0 atom stereocenters. The van der Waals surface area contributed by atoms with Gasteiger partial charge in [0.05, 0.1) is 21.1 Å². The molecule has 118 valence electrons. The minimum atomic E-state index is -3.99. The molecular weight excluding hydrogens is 405 g/mol. The number of benzene rings is 1. The number of hydrogen-bond acceptors (Lipinski definition) is 4. The van der Waals surface area contributed by atoms with Gasteiger partial charge in [-0.1, -0.05) is 11.6 Å². The van der Waals surface area contributed by atoms with Gasteiger partial charge >= 0.3 is 0 Å². The van der Waals surface area contributed by atoms with Crippen LogP contribution < -0.4 is 5.32 Å². The van der Waals surface area contributed by atoms with E-state index in [0.717, 1.165) is 6.07 Å².